The second-order valence-corrected chi connectivity index (χ2v) is 9.37. The van der Waals surface area contributed by atoms with Crippen LogP contribution < -0.4 is 16.4 Å². The summed E-state index contributed by atoms with van der Waals surface area (Å²) in [5.74, 6) is -3.46. The van der Waals surface area contributed by atoms with Gasteiger partial charge in [-0.25, -0.2) is 8.42 Å². The van der Waals surface area contributed by atoms with E-state index < -0.39 is 62.1 Å². The number of imide groups is 1. The van der Waals surface area contributed by atoms with Crippen LogP contribution in [0.3, 0.4) is 0 Å². The van der Waals surface area contributed by atoms with E-state index in [2.05, 4.69) is 11.9 Å². The zero-order chi connectivity index (χ0) is 25.3. The molecule has 4 N–H and O–H groups in total. The Hall–Kier alpha value is -3.45. The summed E-state index contributed by atoms with van der Waals surface area (Å²) in [5.41, 5.74) is 5.71. The van der Waals surface area contributed by atoms with Crippen LogP contribution in [0.4, 0.5) is 0 Å². The third-order valence-corrected chi connectivity index (χ3v) is 5.67. The van der Waals surface area contributed by atoms with Gasteiger partial charge in [0.05, 0.1) is 12.5 Å². The zero-order valence-corrected chi connectivity index (χ0v) is 18.9. The molecule has 0 aliphatic rings. The molecule has 0 bridgehead atoms. The van der Waals surface area contributed by atoms with Crippen LogP contribution in [0, 0.1) is 16.0 Å². The Morgan fingerprint density at radius 1 is 1.15 bits per heavy atom. The molecule has 0 saturated heterocycles. The molecule has 0 aliphatic carbocycles. The number of nitrogens with two attached hydrogens (primary N) is 1. The molecule has 3 amide bonds. The molecular weight excluding hydrogens is 456 g/mol. The quantitative estimate of drug-likeness (QED) is 0.287. The number of rotatable bonds is 11. The first-order valence-electron chi connectivity index (χ1n) is 9.79. The van der Waals surface area contributed by atoms with Crippen LogP contribution in [-0.2, 0) is 29.0 Å². The topological polar surface area (TPSA) is 196 Å². The Kier molecular flexibility index (Phi) is 10.0. The Balaban J connectivity index is 2.84. The van der Waals surface area contributed by atoms with Crippen molar-refractivity contribution < 1.29 is 32.5 Å². The third-order valence-electron chi connectivity index (χ3n) is 4.39. The fourth-order valence-corrected chi connectivity index (χ4v) is 3.51. The number of amides is 3. The second kappa shape index (κ2) is 12.0. The maximum atomic E-state index is 12.4. The molecular formula is C20H26N4O8S. The van der Waals surface area contributed by atoms with Crippen LogP contribution in [0.25, 0.3) is 0 Å². The van der Waals surface area contributed by atoms with Gasteiger partial charge in [0, 0.05) is 15.9 Å². The fraction of sp³-hybridized carbons (Fsp3) is 0.400. The van der Waals surface area contributed by atoms with Gasteiger partial charge in [0.15, 0.2) is 0 Å². The number of sulfone groups is 1. The van der Waals surface area contributed by atoms with Crippen LogP contribution in [-0.4, -0.2) is 48.3 Å². The lowest BCUT2D eigenvalue weighted by Crippen LogP contribution is -2.51. The van der Waals surface area contributed by atoms with Crippen molar-refractivity contribution in [3.05, 3.63) is 58.0 Å². The van der Waals surface area contributed by atoms with Crippen LogP contribution in [0.2, 0.25) is 0 Å². The van der Waals surface area contributed by atoms with Gasteiger partial charge < -0.3 is 11.1 Å². The van der Waals surface area contributed by atoms with Crippen molar-refractivity contribution in [2.75, 3.05) is 0 Å². The van der Waals surface area contributed by atoms with E-state index in [-0.39, 0.29) is 17.9 Å². The standard InChI is InChI=1S/C20H26N4O8S/c1-4-33(31,32)20(28)15(10-12(2)3)22-18(26)14(21)11-16(25)23-19(27)17(24(29)30)13-8-6-5-7-9-13/h4-9,12,14-15,17H,1,10-11,21H2,2-3H3,(H,22,26)(H,23,25,27). The van der Waals surface area contributed by atoms with E-state index in [0.29, 0.717) is 5.41 Å². The van der Waals surface area contributed by atoms with Crippen LogP contribution in [0.15, 0.2) is 42.3 Å². The number of carbonyl (C=O) groups is 4. The zero-order valence-electron chi connectivity index (χ0n) is 18.1. The molecule has 0 radical (unpaired) electrons. The molecule has 0 fully saturated rings. The van der Waals surface area contributed by atoms with Gasteiger partial charge in [-0.15, -0.1) is 0 Å². The monoisotopic (exact) mass is 482 g/mol. The Bertz CT molecular complexity index is 1020. The Labute approximate surface area is 190 Å². The average molecular weight is 483 g/mol. The molecule has 0 aromatic heterocycles. The van der Waals surface area contributed by atoms with Gasteiger partial charge in [-0.1, -0.05) is 50.8 Å². The summed E-state index contributed by atoms with van der Waals surface area (Å²) in [4.78, 5) is 59.4. The van der Waals surface area contributed by atoms with Crippen molar-refractivity contribution >= 4 is 32.7 Å². The molecule has 13 heteroatoms. The maximum Gasteiger partial charge on any atom is 0.315 e. The highest BCUT2D eigenvalue weighted by atomic mass is 32.2. The molecule has 3 atom stereocenters. The molecule has 3 unspecified atom stereocenters. The summed E-state index contributed by atoms with van der Waals surface area (Å²) in [7, 11) is -4.32. The predicted octanol–water partition coefficient (Wildman–Crippen LogP) is -0.0196. The number of nitrogens with one attached hydrogen (secondary N) is 2. The smallest absolute Gasteiger partial charge is 0.315 e. The molecule has 33 heavy (non-hydrogen) atoms. The van der Waals surface area contributed by atoms with Crippen LogP contribution >= 0.6 is 0 Å². The highest BCUT2D eigenvalue weighted by Crippen LogP contribution is 2.16. The first-order valence-corrected chi connectivity index (χ1v) is 11.3. The van der Waals surface area contributed by atoms with Crippen LogP contribution in [0.5, 0.6) is 0 Å². The molecule has 0 aliphatic heterocycles. The normalized spacial score (nSPS) is 13.9. The van der Waals surface area contributed by atoms with E-state index in [0.717, 1.165) is 0 Å². The number of carbonyl (C=O) groups excluding carboxylic acids is 4. The van der Waals surface area contributed by atoms with Gasteiger partial charge in [-0.05, 0) is 12.3 Å². The summed E-state index contributed by atoms with van der Waals surface area (Å²) in [5, 5.41) is 14.5. The van der Waals surface area contributed by atoms with Gasteiger partial charge in [-0.3, -0.25) is 34.6 Å². The van der Waals surface area contributed by atoms with Gasteiger partial charge in [0.25, 0.3) is 5.12 Å². The highest BCUT2D eigenvalue weighted by Gasteiger charge is 2.35. The van der Waals surface area contributed by atoms with Crippen molar-refractivity contribution in [1.82, 2.24) is 10.6 Å². The van der Waals surface area contributed by atoms with E-state index in [9.17, 15) is 37.7 Å². The van der Waals surface area contributed by atoms with Gasteiger partial charge in [-0.2, -0.15) is 0 Å². The van der Waals surface area contributed by atoms with Gasteiger partial charge in [0.1, 0.15) is 6.04 Å². The molecule has 0 spiro atoms. The minimum atomic E-state index is -4.32. The number of hydrogen-bond donors (Lipinski definition) is 3. The van der Waals surface area contributed by atoms with Crippen molar-refractivity contribution in [3.63, 3.8) is 0 Å². The largest absolute Gasteiger partial charge is 0.344 e. The first-order chi connectivity index (χ1) is 15.3. The van der Waals surface area contributed by atoms with Gasteiger partial charge >= 0.3 is 11.9 Å². The Morgan fingerprint density at radius 3 is 2.21 bits per heavy atom. The lowest BCUT2D eigenvalue weighted by atomic mass is 10.0. The lowest BCUT2D eigenvalue weighted by Gasteiger charge is -2.20. The summed E-state index contributed by atoms with van der Waals surface area (Å²) >= 11 is 0. The van der Waals surface area contributed by atoms with Gasteiger partial charge in [0.2, 0.25) is 21.7 Å². The van der Waals surface area contributed by atoms with E-state index in [1.54, 1.807) is 19.9 Å². The molecule has 0 saturated carbocycles. The van der Waals surface area contributed by atoms with Crippen molar-refractivity contribution in [2.24, 2.45) is 11.7 Å². The predicted molar refractivity (Wildman–Crippen MR) is 117 cm³/mol. The van der Waals surface area contributed by atoms with Crippen molar-refractivity contribution in [2.45, 2.75) is 44.8 Å². The maximum absolute atomic E-state index is 12.4. The molecule has 12 nitrogen and oxygen atoms in total. The first kappa shape index (κ1) is 27.6. The van der Waals surface area contributed by atoms with Crippen molar-refractivity contribution in [1.29, 1.82) is 0 Å². The van der Waals surface area contributed by atoms with Crippen molar-refractivity contribution in [3.8, 4) is 0 Å². The van der Waals surface area contributed by atoms with Crippen LogP contribution in [0.1, 0.15) is 38.3 Å². The number of benzene rings is 1. The Morgan fingerprint density at radius 2 is 1.73 bits per heavy atom. The van der Waals surface area contributed by atoms with E-state index >= 15 is 0 Å². The van der Waals surface area contributed by atoms with E-state index in [1.807, 2.05) is 5.32 Å². The number of nitro groups is 1. The minimum absolute atomic E-state index is 0.0172. The second-order valence-electron chi connectivity index (χ2n) is 7.54. The number of nitrogens with zero attached hydrogens (tertiary/aromatic N) is 1. The minimum Gasteiger partial charge on any atom is -0.344 e. The molecule has 1 aromatic carbocycles. The summed E-state index contributed by atoms with van der Waals surface area (Å²) in [6.45, 7) is 6.46. The molecule has 180 valence electrons. The highest BCUT2D eigenvalue weighted by molar-refractivity contribution is 8.08. The number of hydrogen-bond acceptors (Lipinski definition) is 9. The summed E-state index contributed by atoms with van der Waals surface area (Å²) in [6, 6.07) is 2.44. The average Bonchev–Trinajstić information content (AvgIpc) is 2.72. The fourth-order valence-electron chi connectivity index (χ4n) is 2.80. The summed E-state index contributed by atoms with van der Waals surface area (Å²) in [6.07, 6.45) is -0.760. The SMILES string of the molecule is C=CS(=O)(=O)C(=O)C(CC(C)C)NC(=O)C(N)CC(=O)NC(=O)C(c1ccccc1)[N+](=O)[O-]. The van der Waals surface area contributed by atoms with E-state index in [4.69, 9.17) is 5.73 Å². The molecule has 0 heterocycles. The lowest BCUT2D eigenvalue weighted by molar-refractivity contribution is -0.513. The molecule has 1 aromatic rings. The van der Waals surface area contributed by atoms with E-state index in [1.165, 1.54) is 24.3 Å². The molecule has 1 rings (SSSR count). The third kappa shape index (κ3) is 8.20. The summed E-state index contributed by atoms with van der Waals surface area (Å²) < 4.78 is 23.6.